The predicted molar refractivity (Wildman–Crippen MR) is 68.6 cm³/mol. The average molecular weight is 273 g/mol. The number of amides is 1. The van der Waals surface area contributed by atoms with Crippen LogP contribution in [-0.4, -0.2) is 47.4 Å². The van der Waals surface area contributed by atoms with Crippen LogP contribution in [0.4, 0.5) is 0 Å². The van der Waals surface area contributed by atoms with E-state index in [0.717, 1.165) is 12.8 Å². The molecule has 1 fully saturated rings. The first-order chi connectivity index (χ1) is 8.98. The summed E-state index contributed by atoms with van der Waals surface area (Å²) in [4.78, 5) is 22.6. The first kappa shape index (κ1) is 15.9. The van der Waals surface area contributed by atoms with Crippen LogP contribution in [0.2, 0.25) is 0 Å². The van der Waals surface area contributed by atoms with Gasteiger partial charge in [0.25, 0.3) is 0 Å². The van der Waals surface area contributed by atoms with Crippen LogP contribution in [-0.2, 0) is 14.3 Å². The van der Waals surface area contributed by atoms with Gasteiger partial charge < -0.3 is 20.3 Å². The number of ether oxygens (including phenoxy) is 1. The van der Waals surface area contributed by atoms with Crippen molar-refractivity contribution in [1.29, 1.82) is 0 Å². The molecule has 0 aromatic heterocycles. The molecule has 0 aliphatic carbocycles. The number of nitrogens with one attached hydrogen (secondary N) is 1. The van der Waals surface area contributed by atoms with Gasteiger partial charge in [0.1, 0.15) is 6.10 Å². The highest BCUT2D eigenvalue weighted by Gasteiger charge is 2.35. The van der Waals surface area contributed by atoms with E-state index in [-0.39, 0.29) is 17.9 Å². The summed E-state index contributed by atoms with van der Waals surface area (Å²) in [5.74, 6) is -1.31. The zero-order chi connectivity index (χ0) is 14.5. The molecule has 110 valence electrons. The summed E-state index contributed by atoms with van der Waals surface area (Å²) in [6.45, 7) is 4.34. The summed E-state index contributed by atoms with van der Waals surface area (Å²) in [5.41, 5.74) is -0.305. The Bertz CT molecular complexity index is 319. The van der Waals surface area contributed by atoms with Crippen molar-refractivity contribution in [3.8, 4) is 0 Å². The first-order valence-electron chi connectivity index (χ1n) is 6.75. The molecule has 1 heterocycles. The van der Waals surface area contributed by atoms with E-state index in [1.165, 1.54) is 0 Å². The molecule has 0 spiro atoms. The number of rotatable bonds is 7. The molecule has 1 saturated heterocycles. The van der Waals surface area contributed by atoms with Gasteiger partial charge in [-0.2, -0.15) is 0 Å². The van der Waals surface area contributed by atoms with Gasteiger partial charge in [0, 0.05) is 12.0 Å². The van der Waals surface area contributed by atoms with Crippen molar-refractivity contribution in [3.05, 3.63) is 0 Å². The maximum Gasteiger partial charge on any atom is 0.332 e. The van der Waals surface area contributed by atoms with Crippen molar-refractivity contribution >= 4 is 11.9 Å². The summed E-state index contributed by atoms with van der Waals surface area (Å²) in [6.07, 6.45) is 0.752. The summed E-state index contributed by atoms with van der Waals surface area (Å²) >= 11 is 0. The van der Waals surface area contributed by atoms with Crippen molar-refractivity contribution in [1.82, 2.24) is 5.32 Å². The lowest BCUT2D eigenvalue weighted by molar-refractivity contribution is -0.151. The Kier molecular flexibility index (Phi) is 5.75. The normalized spacial score (nSPS) is 23.3. The molecule has 0 aromatic carbocycles. The van der Waals surface area contributed by atoms with Crippen LogP contribution in [0.1, 0.15) is 39.5 Å². The van der Waals surface area contributed by atoms with Crippen LogP contribution in [0, 0.1) is 5.41 Å². The van der Waals surface area contributed by atoms with Crippen LogP contribution in [0.15, 0.2) is 0 Å². The van der Waals surface area contributed by atoms with Crippen LogP contribution >= 0.6 is 0 Å². The Morgan fingerprint density at radius 2 is 1.84 bits per heavy atom. The molecular weight excluding hydrogens is 250 g/mol. The minimum atomic E-state index is -1.03. The van der Waals surface area contributed by atoms with Crippen molar-refractivity contribution < 1.29 is 24.5 Å². The monoisotopic (exact) mass is 273 g/mol. The standard InChI is InChI=1S/C13H23NO5/c1-3-13(4-2,8-15)7-14-11(16)9-5-6-10(19-9)12(17)18/h9-10,15H,3-8H2,1-2H3,(H,14,16)(H,17,18)/t9-,10+/m0/s1. The lowest BCUT2D eigenvalue weighted by atomic mass is 9.83. The quantitative estimate of drug-likeness (QED) is 0.629. The Balaban J connectivity index is 2.46. The molecule has 1 amide bonds. The second-order valence-corrected chi connectivity index (χ2v) is 5.11. The van der Waals surface area contributed by atoms with Gasteiger partial charge in [-0.05, 0) is 25.7 Å². The minimum Gasteiger partial charge on any atom is -0.479 e. The summed E-state index contributed by atoms with van der Waals surface area (Å²) in [7, 11) is 0. The molecule has 3 N–H and O–H groups in total. The van der Waals surface area contributed by atoms with Gasteiger partial charge in [0.05, 0.1) is 6.61 Å². The molecule has 0 aromatic rings. The van der Waals surface area contributed by atoms with Gasteiger partial charge in [-0.15, -0.1) is 0 Å². The van der Waals surface area contributed by atoms with E-state index >= 15 is 0 Å². The molecule has 6 heteroatoms. The zero-order valence-corrected chi connectivity index (χ0v) is 11.5. The van der Waals surface area contributed by atoms with E-state index in [2.05, 4.69) is 5.32 Å². The molecule has 1 rings (SSSR count). The highest BCUT2D eigenvalue weighted by Crippen LogP contribution is 2.25. The van der Waals surface area contributed by atoms with Gasteiger partial charge in [-0.1, -0.05) is 13.8 Å². The second-order valence-electron chi connectivity index (χ2n) is 5.11. The Morgan fingerprint density at radius 1 is 1.26 bits per heavy atom. The highest BCUT2D eigenvalue weighted by atomic mass is 16.5. The number of carbonyl (C=O) groups excluding carboxylic acids is 1. The molecule has 0 saturated carbocycles. The predicted octanol–water partition coefficient (Wildman–Crippen LogP) is 0.533. The van der Waals surface area contributed by atoms with Crippen molar-refractivity contribution in [2.75, 3.05) is 13.2 Å². The molecule has 6 nitrogen and oxygen atoms in total. The number of aliphatic hydroxyl groups excluding tert-OH is 1. The number of carboxylic acid groups (broad SMARTS) is 1. The second kappa shape index (κ2) is 6.86. The molecule has 0 unspecified atom stereocenters. The van der Waals surface area contributed by atoms with Gasteiger partial charge in [-0.25, -0.2) is 4.79 Å². The van der Waals surface area contributed by atoms with Crippen molar-refractivity contribution in [2.45, 2.75) is 51.7 Å². The van der Waals surface area contributed by atoms with E-state index in [9.17, 15) is 14.7 Å². The van der Waals surface area contributed by atoms with Crippen molar-refractivity contribution in [2.24, 2.45) is 5.41 Å². The lowest BCUT2D eigenvalue weighted by Crippen LogP contribution is -2.43. The number of aliphatic carboxylic acids is 1. The first-order valence-corrected chi connectivity index (χ1v) is 6.75. The van der Waals surface area contributed by atoms with E-state index < -0.39 is 18.2 Å². The van der Waals surface area contributed by atoms with Crippen molar-refractivity contribution in [3.63, 3.8) is 0 Å². The summed E-state index contributed by atoms with van der Waals surface area (Å²) in [5, 5.41) is 21.0. The van der Waals surface area contributed by atoms with Gasteiger partial charge in [0.2, 0.25) is 5.91 Å². The number of aliphatic hydroxyl groups is 1. The number of carboxylic acids is 1. The van der Waals surface area contributed by atoms with E-state index in [0.29, 0.717) is 19.4 Å². The van der Waals surface area contributed by atoms with Crippen LogP contribution in [0.3, 0.4) is 0 Å². The minimum absolute atomic E-state index is 0.0174. The van der Waals surface area contributed by atoms with Crippen LogP contribution < -0.4 is 5.32 Å². The van der Waals surface area contributed by atoms with Crippen LogP contribution in [0.25, 0.3) is 0 Å². The fraction of sp³-hybridized carbons (Fsp3) is 0.846. The van der Waals surface area contributed by atoms with E-state index in [4.69, 9.17) is 9.84 Å². The third kappa shape index (κ3) is 3.91. The molecule has 0 bridgehead atoms. The summed E-state index contributed by atoms with van der Waals surface area (Å²) < 4.78 is 5.18. The maximum atomic E-state index is 11.9. The fourth-order valence-electron chi connectivity index (χ4n) is 2.18. The Hall–Kier alpha value is -1.14. The summed E-state index contributed by atoms with van der Waals surface area (Å²) in [6, 6.07) is 0. The highest BCUT2D eigenvalue weighted by molar-refractivity contribution is 5.82. The third-order valence-corrected chi connectivity index (χ3v) is 4.06. The number of carbonyl (C=O) groups is 2. The Labute approximate surface area is 113 Å². The zero-order valence-electron chi connectivity index (χ0n) is 11.5. The SMILES string of the molecule is CCC(CC)(CO)CNC(=O)[C@@H]1CC[C@H](C(=O)O)O1. The average Bonchev–Trinajstić information content (AvgIpc) is 2.90. The number of hydrogen-bond donors (Lipinski definition) is 3. The molecule has 0 radical (unpaired) electrons. The fourth-order valence-corrected chi connectivity index (χ4v) is 2.18. The van der Waals surface area contributed by atoms with Gasteiger partial charge in [0.15, 0.2) is 6.10 Å². The van der Waals surface area contributed by atoms with E-state index in [1.807, 2.05) is 13.8 Å². The van der Waals surface area contributed by atoms with Gasteiger partial charge in [-0.3, -0.25) is 4.79 Å². The van der Waals surface area contributed by atoms with Gasteiger partial charge >= 0.3 is 5.97 Å². The molecular formula is C13H23NO5. The smallest absolute Gasteiger partial charge is 0.332 e. The number of hydrogen-bond acceptors (Lipinski definition) is 4. The third-order valence-electron chi connectivity index (χ3n) is 4.06. The topological polar surface area (TPSA) is 95.9 Å². The largest absolute Gasteiger partial charge is 0.479 e. The lowest BCUT2D eigenvalue weighted by Gasteiger charge is -2.30. The molecule has 1 aliphatic heterocycles. The molecule has 2 atom stereocenters. The van der Waals surface area contributed by atoms with Crippen LogP contribution in [0.5, 0.6) is 0 Å². The van der Waals surface area contributed by atoms with E-state index in [1.54, 1.807) is 0 Å². The Morgan fingerprint density at radius 3 is 2.26 bits per heavy atom. The molecule has 19 heavy (non-hydrogen) atoms. The molecule has 1 aliphatic rings. The maximum absolute atomic E-state index is 11.9.